The Bertz CT molecular complexity index is 1200. The molecule has 0 radical (unpaired) electrons. The van der Waals surface area contributed by atoms with E-state index >= 15 is 0 Å². The molecule has 1 amide bonds. The van der Waals surface area contributed by atoms with Crippen LogP contribution in [0.5, 0.6) is 5.75 Å². The van der Waals surface area contributed by atoms with Crippen molar-refractivity contribution < 1.29 is 23.8 Å². The highest BCUT2D eigenvalue weighted by atomic mass is 16.6. The van der Waals surface area contributed by atoms with E-state index in [9.17, 15) is 14.9 Å². The predicted octanol–water partition coefficient (Wildman–Crippen LogP) is 3.32. The summed E-state index contributed by atoms with van der Waals surface area (Å²) in [7, 11) is 0. The number of nitriles is 1. The first-order valence-corrected chi connectivity index (χ1v) is 13.5. The maximum atomic E-state index is 12.9. The number of nitrogens with zero attached hydrogens (tertiary/aromatic N) is 1. The second-order valence-corrected chi connectivity index (χ2v) is 10.8. The lowest BCUT2D eigenvalue weighted by Crippen LogP contribution is -2.46. The van der Waals surface area contributed by atoms with Crippen LogP contribution >= 0.6 is 0 Å². The zero-order valence-electron chi connectivity index (χ0n) is 21.8. The van der Waals surface area contributed by atoms with E-state index in [1.54, 1.807) is 0 Å². The number of rotatable bonds is 5. The number of hydrogen-bond donors (Lipinski definition) is 2. The third-order valence-electron chi connectivity index (χ3n) is 7.71. The van der Waals surface area contributed by atoms with E-state index in [0.29, 0.717) is 44.2 Å². The monoisotopic (exact) mass is 517 g/mol. The number of esters is 1. The highest BCUT2D eigenvalue weighted by Gasteiger charge is 2.39. The lowest BCUT2D eigenvalue weighted by Gasteiger charge is -2.25. The first kappa shape index (κ1) is 26.4. The molecule has 1 spiro atoms. The van der Waals surface area contributed by atoms with E-state index in [1.807, 2.05) is 36.4 Å². The molecule has 0 saturated carbocycles. The smallest absolute Gasteiger partial charge is 0.311 e. The summed E-state index contributed by atoms with van der Waals surface area (Å²) in [5.41, 5.74) is 3.74. The summed E-state index contributed by atoms with van der Waals surface area (Å²) in [6, 6.07) is 15.5. The summed E-state index contributed by atoms with van der Waals surface area (Å²) in [5, 5.41) is 15.8. The number of carbonyl (C=O) groups is 2. The lowest BCUT2D eigenvalue weighted by molar-refractivity contribution is -0.136. The van der Waals surface area contributed by atoms with Gasteiger partial charge in [-0.05, 0) is 66.0 Å². The fourth-order valence-corrected chi connectivity index (χ4v) is 5.44. The summed E-state index contributed by atoms with van der Waals surface area (Å²) in [5.74, 6) is 0.485. The minimum absolute atomic E-state index is 0.177. The van der Waals surface area contributed by atoms with Crippen LogP contribution in [-0.4, -0.2) is 55.9 Å². The molecular weight excluding hydrogens is 482 g/mol. The van der Waals surface area contributed by atoms with Gasteiger partial charge < -0.3 is 24.8 Å². The van der Waals surface area contributed by atoms with Crippen molar-refractivity contribution in [2.24, 2.45) is 5.92 Å². The fourth-order valence-electron chi connectivity index (χ4n) is 5.44. The lowest BCUT2D eigenvalue weighted by atomic mass is 9.93. The van der Waals surface area contributed by atoms with Crippen molar-refractivity contribution in [1.82, 2.24) is 10.6 Å². The van der Waals surface area contributed by atoms with Gasteiger partial charge in [-0.2, -0.15) is 5.26 Å². The van der Waals surface area contributed by atoms with Gasteiger partial charge in [-0.25, -0.2) is 0 Å². The third kappa shape index (κ3) is 6.24. The molecule has 3 heterocycles. The van der Waals surface area contributed by atoms with Crippen LogP contribution in [0.2, 0.25) is 0 Å². The number of hydrogen-bond acceptors (Lipinski definition) is 7. The predicted molar refractivity (Wildman–Crippen MR) is 141 cm³/mol. The number of fused-ring (bicyclic) bond motifs is 1. The molecule has 0 aromatic heterocycles. The van der Waals surface area contributed by atoms with Crippen LogP contribution < -0.4 is 15.4 Å². The molecule has 38 heavy (non-hydrogen) atoms. The molecular formula is C30H35N3O5. The molecule has 5 rings (SSSR count). The first-order chi connectivity index (χ1) is 18.4. The van der Waals surface area contributed by atoms with E-state index in [2.05, 4.69) is 29.7 Å². The van der Waals surface area contributed by atoms with Crippen molar-refractivity contribution in [2.75, 3.05) is 26.3 Å². The Morgan fingerprint density at radius 3 is 2.82 bits per heavy atom. The first-order valence-electron chi connectivity index (χ1n) is 13.5. The van der Waals surface area contributed by atoms with Gasteiger partial charge in [-0.1, -0.05) is 37.3 Å². The summed E-state index contributed by atoms with van der Waals surface area (Å²) >= 11 is 0. The van der Waals surface area contributed by atoms with Gasteiger partial charge in [0, 0.05) is 32.5 Å². The minimum atomic E-state index is -0.662. The number of benzene rings is 2. The molecule has 2 fully saturated rings. The normalized spacial score (nSPS) is 26.3. The Labute approximate surface area is 223 Å². The van der Waals surface area contributed by atoms with Gasteiger partial charge in [-0.15, -0.1) is 0 Å². The van der Waals surface area contributed by atoms with Crippen molar-refractivity contribution in [3.8, 4) is 22.9 Å². The summed E-state index contributed by atoms with van der Waals surface area (Å²) in [6.07, 6.45) is 3.93. The Hall–Kier alpha value is -3.25. The van der Waals surface area contributed by atoms with Crippen molar-refractivity contribution in [1.29, 1.82) is 5.26 Å². The number of amides is 1. The van der Waals surface area contributed by atoms with E-state index in [4.69, 9.17) is 14.2 Å². The Morgan fingerprint density at radius 2 is 2.05 bits per heavy atom. The van der Waals surface area contributed by atoms with Gasteiger partial charge in [0.2, 0.25) is 0 Å². The van der Waals surface area contributed by atoms with E-state index < -0.39 is 12.1 Å². The molecule has 0 bridgehead atoms. The van der Waals surface area contributed by atoms with E-state index in [-0.39, 0.29) is 17.5 Å². The molecule has 8 heteroatoms. The highest BCUT2D eigenvalue weighted by molar-refractivity contribution is 5.81. The summed E-state index contributed by atoms with van der Waals surface area (Å²) in [6.45, 7) is 4.23. The zero-order chi connectivity index (χ0) is 26.5. The number of carbonyl (C=O) groups excluding carboxylic acids is 2. The van der Waals surface area contributed by atoms with Crippen molar-refractivity contribution in [3.05, 3.63) is 53.6 Å². The van der Waals surface area contributed by atoms with Crippen molar-refractivity contribution in [3.63, 3.8) is 0 Å². The molecule has 0 aliphatic carbocycles. The van der Waals surface area contributed by atoms with Crippen LogP contribution in [0.15, 0.2) is 42.5 Å². The van der Waals surface area contributed by atoms with Crippen LogP contribution in [-0.2, 0) is 31.9 Å². The van der Waals surface area contributed by atoms with Crippen LogP contribution in [0.4, 0.5) is 0 Å². The fraction of sp³-hybridized carbons (Fsp3) is 0.500. The van der Waals surface area contributed by atoms with Gasteiger partial charge in [-0.3, -0.25) is 9.59 Å². The Kier molecular flexibility index (Phi) is 8.08. The van der Waals surface area contributed by atoms with Crippen molar-refractivity contribution >= 4 is 11.9 Å². The molecule has 8 nitrogen and oxygen atoms in total. The molecule has 2 unspecified atom stereocenters. The quantitative estimate of drug-likeness (QED) is 0.463. The molecule has 2 aromatic rings. The van der Waals surface area contributed by atoms with Gasteiger partial charge in [0.15, 0.2) is 0 Å². The van der Waals surface area contributed by atoms with Gasteiger partial charge >= 0.3 is 5.97 Å². The van der Waals surface area contributed by atoms with Gasteiger partial charge in [0.25, 0.3) is 5.91 Å². The largest absolute Gasteiger partial charge is 0.426 e. The molecule has 3 aliphatic heterocycles. The highest BCUT2D eigenvalue weighted by Crippen LogP contribution is 2.31. The molecule has 2 N–H and O–H groups in total. The van der Waals surface area contributed by atoms with E-state index in [1.165, 1.54) is 0 Å². The van der Waals surface area contributed by atoms with Crippen LogP contribution in [0.25, 0.3) is 11.1 Å². The number of ether oxygens (including phenoxy) is 3. The topological polar surface area (TPSA) is 110 Å². The van der Waals surface area contributed by atoms with Gasteiger partial charge in [0.1, 0.15) is 23.5 Å². The average molecular weight is 518 g/mol. The molecule has 3 aliphatic rings. The van der Waals surface area contributed by atoms with Gasteiger partial charge in [0.05, 0.1) is 12.7 Å². The minimum Gasteiger partial charge on any atom is -0.426 e. The van der Waals surface area contributed by atoms with Crippen LogP contribution in [0.3, 0.4) is 0 Å². The Morgan fingerprint density at radius 1 is 1.24 bits per heavy atom. The third-order valence-corrected chi connectivity index (χ3v) is 7.71. The number of nitrogens with one attached hydrogen (secondary N) is 2. The second-order valence-electron chi connectivity index (χ2n) is 10.8. The Balaban J connectivity index is 1.19. The average Bonchev–Trinajstić information content (AvgIpc) is 3.26. The standard InChI is InChI=1S/C30H35N3O5/c1-20-3-6-24-15-23(9-10-26(24)38-28(34)13-20)22-7-4-21(5-8-22)14-25(16-31)33-29(35)27-17-32-18-30(19-36-27)11-2-12-37-30/h4-5,7-10,15,20,25,27,32H,2-3,6,11-14,17-19H2,1H3,(H,33,35)/t20?,25-,27-,30?/m0/s1. The molecule has 2 saturated heterocycles. The van der Waals surface area contributed by atoms with E-state index in [0.717, 1.165) is 54.5 Å². The molecule has 4 atom stereocenters. The second kappa shape index (κ2) is 11.6. The zero-order valence-corrected chi connectivity index (χ0v) is 21.8. The maximum absolute atomic E-state index is 12.9. The van der Waals surface area contributed by atoms with Crippen LogP contribution in [0, 0.1) is 17.2 Å². The van der Waals surface area contributed by atoms with Crippen molar-refractivity contribution in [2.45, 2.75) is 63.2 Å². The molecule has 200 valence electrons. The number of aryl methyl sites for hydroxylation is 1. The SMILES string of the molecule is CC1CCc2cc(-c3ccc(C[C@@H](C#N)NC(=O)[C@@H]4CNCC5(CCCO5)CO4)cc3)ccc2OC(=O)C1. The maximum Gasteiger partial charge on any atom is 0.311 e. The van der Waals surface area contributed by atoms with Crippen LogP contribution in [0.1, 0.15) is 43.7 Å². The summed E-state index contributed by atoms with van der Waals surface area (Å²) < 4.78 is 17.3. The molecule has 2 aromatic carbocycles. The summed E-state index contributed by atoms with van der Waals surface area (Å²) in [4.78, 5) is 24.9.